The monoisotopic (exact) mass is 296 g/mol. The van der Waals surface area contributed by atoms with Crippen LogP contribution in [0.15, 0.2) is 47.2 Å². The molecule has 0 aliphatic heterocycles. The molecule has 1 amide bonds. The van der Waals surface area contributed by atoms with Gasteiger partial charge in [-0.1, -0.05) is 25.1 Å². The summed E-state index contributed by atoms with van der Waals surface area (Å²) in [7, 11) is 0. The maximum Gasteiger partial charge on any atom is 0.292 e. The van der Waals surface area contributed by atoms with Crippen LogP contribution in [0.5, 0.6) is 0 Å². The smallest absolute Gasteiger partial charge is 0.292 e. The lowest BCUT2D eigenvalue weighted by molar-refractivity contribution is -0.117. The first-order valence-electron chi connectivity index (χ1n) is 7.14. The summed E-state index contributed by atoms with van der Waals surface area (Å²) < 4.78 is 5.12. The van der Waals surface area contributed by atoms with Gasteiger partial charge in [0.15, 0.2) is 0 Å². The molecule has 0 bridgehead atoms. The molecule has 3 rings (SSSR count). The molecule has 0 radical (unpaired) electrons. The molecule has 3 aromatic rings. The number of ketones is 1. The number of carbonyl (C=O) groups is 2. The average molecular weight is 296 g/mol. The summed E-state index contributed by atoms with van der Waals surface area (Å²) in [6.07, 6.45) is 3.98. The Labute approximate surface area is 127 Å². The van der Waals surface area contributed by atoms with Crippen molar-refractivity contribution in [1.82, 2.24) is 10.3 Å². The molecule has 0 saturated carbocycles. The first-order valence-corrected chi connectivity index (χ1v) is 7.14. The average Bonchev–Trinajstić information content (AvgIpc) is 3.20. The molecular weight excluding hydrogens is 280 g/mol. The lowest BCUT2D eigenvalue weighted by atomic mass is 10.0. The third kappa shape index (κ3) is 2.53. The molecule has 0 aliphatic rings. The van der Waals surface area contributed by atoms with Crippen LogP contribution in [-0.4, -0.2) is 16.7 Å². The third-order valence-corrected chi connectivity index (χ3v) is 3.64. The van der Waals surface area contributed by atoms with Gasteiger partial charge in [-0.2, -0.15) is 0 Å². The van der Waals surface area contributed by atoms with Crippen LogP contribution in [-0.2, 0) is 17.8 Å². The molecule has 2 N–H and O–H groups in total. The number of Topliss-reactive ketones (excluding diaryl/α,β-unsaturated/α-hetero) is 1. The van der Waals surface area contributed by atoms with E-state index >= 15 is 0 Å². The van der Waals surface area contributed by atoms with Crippen molar-refractivity contribution in [2.75, 3.05) is 0 Å². The molecule has 0 atom stereocenters. The Kier molecular flexibility index (Phi) is 3.78. The predicted molar refractivity (Wildman–Crippen MR) is 82.6 cm³/mol. The Morgan fingerprint density at radius 1 is 1.23 bits per heavy atom. The van der Waals surface area contributed by atoms with E-state index in [0.29, 0.717) is 11.3 Å². The maximum atomic E-state index is 12.3. The molecule has 1 aromatic carbocycles. The van der Waals surface area contributed by atoms with Crippen LogP contribution >= 0.6 is 0 Å². The number of H-pyrrole nitrogens is 1. The number of fused-ring (bicyclic) bond motifs is 1. The van der Waals surface area contributed by atoms with E-state index in [-0.39, 0.29) is 6.54 Å². The number of aromatic nitrogens is 1. The van der Waals surface area contributed by atoms with E-state index in [1.54, 1.807) is 18.3 Å². The summed E-state index contributed by atoms with van der Waals surface area (Å²) in [5.41, 5.74) is 2.42. The Morgan fingerprint density at radius 2 is 2.09 bits per heavy atom. The summed E-state index contributed by atoms with van der Waals surface area (Å²) in [4.78, 5) is 27.4. The van der Waals surface area contributed by atoms with Crippen LogP contribution < -0.4 is 5.32 Å². The second-order valence-electron chi connectivity index (χ2n) is 4.99. The topological polar surface area (TPSA) is 75.1 Å². The van der Waals surface area contributed by atoms with Crippen molar-refractivity contribution < 1.29 is 14.0 Å². The number of amides is 1. The normalized spacial score (nSPS) is 10.8. The number of nitrogens with one attached hydrogen (secondary N) is 2. The number of carbonyl (C=O) groups excluding carboxylic acids is 2. The summed E-state index contributed by atoms with van der Waals surface area (Å²) in [5.74, 6) is -0.585. The van der Waals surface area contributed by atoms with Crippen molar-refractivity contribution in [3.63, 3.8) is 0 Å². The molecule has 5 nitrogen and oxygen atoms in total. The second kappa shape index (κ2) is 5.89. The number of aryl methyl sites for hydroxylation is 1. The summed E-state index contributed by atoms with van der Waals surface area (Å²) in [6, 6.07) is 9.22. The van der Waals surface area contributed by atoms with Crippen LogP contribution in [0.1, 0.15) is 28.6 Å². The Bertz CT molecular complexity index is 816. The van der Waals surface area contributed by atoms with Gasteiger partial charge in [-0.05, 0) is 24.1 Å². The fourth-order valence-corrected chi connectivity index (χ4v) is 2.48. The molecule has 22 heavy (non-hydrogen) atoms. The summed E-state index contributed by atoms with van der Waals surface area (Å²) >= 11 is 0. The summed E-state index contributed by atoms with van der Waals surface area (Å²) in [6.45, 7) is 2.24. The van der Waals surface area contributed by atoms with Gasteiger partial charge in [-0.25, -0.2) is 0 Å². The second-order valence-corrected chi connectivity index (χ2v) is 4.99. The first kappa shape index (κ1) is 14.1. The number of aromatic amines is 1. The van der Waals surface area contributed by atoms with Crippen LogP contribution in [0.2, 0.25) is 0 Å². The third-order valence-electron chi connectivity index (χ3n) is 3.64. The first-order chi connectivity index (χ1) is 10.7. The molecule has 0 fully saturated rings. The van der Waals surface area contributed by atoms with E-state index in [4.69, 9.17) is 4.42 Å². The van der Waals surface area contributed by atoms with Crippen molar-refractivity contribution in [3.05, 3.63) is 59.7 Å². The zero-order chi connectivity index (χ0) is 15.5. The Balaban J connectivity index is 1.81. The predicted octanol–water partition coefficient (Wildman–Crippen LogP) is 2.82. The molecule has 2 heterocycles. The van der Waals surface area contributed by atoms with Gasteiger partial charge in [0.2, 0.25) is 0 Å². The minimum Gasteiger partial charge on any atom is -0.467 e. The molecule has 0 aliphatic carbocycles. The molecule has 112 valence electrons. The van der Waals surface area contributed by atoms with Gasteiger partial charge in [0.25, 0.3) is 11.7 Å². The highest BCUT2D eigenvalue weighted by Crippen LogP contribution is 2.22. The van der Waals surface area contributed by atoms with Crippen molar-refractivity contribution in [2.45, 2.75) is 19.9 Å². The fourth-order valence-electron chi connectivity index (χ4n) is 2.48. The number of furan rings is 1. The van der Waals surface area contributed by atoms with Gasteiger partial charge in [0.1, 0.15) is 5.76 Å². The minimum absolute atomic E-state index is 0.195. The van der Waals surface area contributed by atoms with E-state index in [0.717, 1.165) is 22.9 Å². The highest BCUT2D eigenvalue weighted by atomic mass is 16.3. The highest BCUT2D eigenvalue weighted by molar-refractivity contribution is 6.44. The lowest BCUT2D eigenvalue weighted by Crippen LogP contribution is -2.30. The number of rotatable bonds is 5. The van der Waals surface area contributed by atoms with E-state index in [1.807, 2.05) is 25.1 Å². The van der Waals surface area contributed by atoms with Crippen molar-refractivity contribution >= 4 is 22.6 Å². The van der Waals surface area contributed by atoms with Crippen LogP contribution in [0.3, 0.4) is 0 Å². The molecule has 5 heteroatoms. The lowest BCUT2D eigenvalue weighted by Gasteiger charge is -2.03. The highest BCUT2D eigenvalue weighted by Gasteiger charge is 2.20. The number of para-hydroxylation sites is 1. The number of benzene rings is 1. The molecule has 0 unspecified atom stereocenters. The largest absolute Gasteiger partial charge is 0.467 e. The van der Waals surface area contributed by atoms with Gasteiger partial charge in [-0.3, -0.25) is 9.59 Å². The SMILES string of the molecule is CCc1cccc2c(C(=O)C(=O)NCc3ccco3)c[nH]c12. The van der Waals surface area contributed by atoms with Gasteiger partial charge in [-0.15, -0.1) is 0 Å². The molecule has 2 aromatic heterocycles. The maximum absolute atomic E-state index is 12.3. The molecule has 0 spiro atoms. The van der Waals surface area contributed by atoms with Crippen LogP contribution in [0.25, 0.3) is 10.9 Å². The van der Waals surface area contributed by atoms with E-state index in [2.05, 4.69) is 10.3 Å². The van der Waals surface area contributed by atoms with Gasteiger partial charge < -0.3 is 14.7 Å². The minimum atomic E-state index is -0.640. The van der Waals surface area contributed by atoms with Crippen molar-refractivity contribution in [3.8, 4) is 0 Å². The zero-order valence-corrected chi connectivity index (χ0v) is 12.2. The van der Waals surface area contributed by atoms with E-state index in [9.17, 15) is 9.59 Å². The van der Waals surface area contributed by atoms with E-state index in [1.165, 1.54) is 6.26 Å². The van der Waals surface area contributed by atoms with Gasteiger partial charge in [0.05, 0.1) is 18.4 Å². The quantitative estimate of drug-likeness (QED) is 0.561. The zero-order valence-electron chi connectivity index (χ0n) is 12.2. The van der Waals surface area contributed by atoms with E-state index < -0.39 is 11.7 Å². The molecular formula is C17H16N2O3. The number of hydrogen-bond acceptors (Lipinski definition) is 3. The Morgan fingerprint density at radius 3 is 2.82 bits per heavy atom. The van der Waals surface area contributed by atoms with Crippen molar-refractivity contribution in [1.29, 1.82) is 0 Å². The standard InChI is InChI=1S/C17H16N2O3/c1-2-11-5-3-7-13-14(10-18-15(11)13)16(20)17(21)19-9-12-6-4-8-22-12/h3-8,10,18H,2,9H2,1H3,(H,19,21). The number of hydrogen-bond donors (Lipinski definition) is 2. The van der Waals surface area contributed by atoms with Crippen LogP contribution in [0, 0.1) is 0 Å². The van der Waals surface area contributed by atoms with Gasteiger partial charge >= 0.3 is 0 Å². The summed E-state index contributed by atoms with van der Waals surface area (Å²) in [5, 5.41) is 3.35. The van der Waals surface area contributed by atoms with Gasteiger partial charge in [0, 0.05) is 17.1 Å². The Hall–Kier alpha value is -2.82. The van der Waals surface area contributed by atoms with Crippen LogP contribution in [0.4, 0.5) is 0 Å². The molecule has 0 saturated heterocycles. The van der Waals surface area contributed by atoms with Crippen molar-refractivity contribution in [2.24, 2.45) is 0 Å². The fraction of sp³-hybridized carbons (Fsp3) is 0.176.